The fourth-order valence-electron chi connectivity index (χ4n) is 4.73. The Morgan fingerprint density at radius 1 is 0.824 bits per heavy atom. The summed E-state index contributed by atoms with van der Waals surface area (Å²) in [6.07, 6.45) is 15.1. The summed E-state index contributed by atoms with van der Waals surface area (Å²) < 4.78 is 35.4. The Kier molecular flexibility index (Phi) is 13.0. The molecule has 0 aliphatic carbocycles. The van der Waals surface area contributed by atoms with E-state index in [9.17, 15) is 13.0 Å². The molecular formula is C27H39N2NaO3S. The van der Waals surface area contributed by atoms with Crippen LogP contribution >= 0.6 is 0 Å². The Labute approximate surface area is 228 Å². The third-order valence-corrected chi connectivity index (χ3v) is 7.43. The van der Waals surface area contributed by atoms with E-state index in [4.69, 9.17) is 0 Å². The molecule has 0 saturated carbocycles. The van der Waals surface area contributed by atoms with Gasteiger partial charge < -0.3 is 14.8 Å². The van der Waals surface area contributed by atoms with Crippen LogP contribution in [0.1, 0.15) is 89.5 Å². The number of benzene rings is 2. The first-order valence-corrected chi connectivity index (χ1v) is 14.1. The molecule has 0 aromatic heterocycles. The molecule has 0 radical (unpaired) electrons. The molecule has 5 nitrogen and oxygen atoms in total. The maximum atomic E-state index is 11.8. The van der Waals surface area contributed by atoms with Gasteiger partial charge in [-0.3, -0.25) is 0 Å². The van der Waals surface area contributed by atoms with Crippen molar-refractivity contribution in [1.29, 1.82) is 0 Å². The normalized spacial score (nSPS) is 15.0. The molecule has 1 aliphatic heterocycles. The molecule has 34 heavy (non-hydrogen) atoms. The molecule has 3 rings (SSSR count). The summed E-state index contributed by atoms with van der Waals surface area (Å²) in [7, 11) is -4.53. The minimum Gasteiger partial charge on any atom is -0.744 e. The van der Waals surface area contributed by atoms with E-state index in [0.29, 0.717) is 12.2 Å². The second kappa shape index (κ2) is 15.1. The van der Waals surface area contributed by atoms with Gasteiger partial charge in [0, 0.05) is 6.54 Å². The Bertz CT molecular complexity index is 954. The number of fused-ring (bicyclic) bond motifs is 1. The molecule has 2 aromatic carbocycles. The van der Waals surface area contributed by atoms with Crippen LogP contribution in [0.5, 0.6) is 0 Å². The van der Waals surface area contributed by atoms with Crippen molar-refractivity contribution in [3.05, 3.63) is 54.1 Å². The molecular weight excluding hydrogens is 455 g/mol. The van der Waals surface area contributed by atoms with Gasteiger partial charge in [0.1, 0.15) is 10.1 Å². The quantitative estimate of drug-likeness (QED) is 0.230. The van der Waals surface area contributed by atoms with E-state index in [1.165, 1.54) is 70.3 Å². The smallest absolute Gasteiger partial charge is 0.744 e. The Morgan fingerprint density at radius 2 is 1.41 bits per heavy atom. The van der Waals surface area contributed by atoms with Crippen molar-refractivity contribution in [3.8, 4) is 0 Å². The summed E-state index contributed by atoms with van der Waals surface area (Å²) in [5, 5.41) is 3.36. The first-order chi connectivity index (χ1) is 16.0. The summed E-state index contributed by atoms with van der Waals surface area (Å²) in [4.78, 5) is 2.05. The number of nitrogens with one attached hydrogen (secondary N) is 1. The number of rotatable bonds is 15. The van der Waals surface area contributed by atoms with Crippen molar-refractivity contribution in [2.24, 2.45) is 0 Å². The van der Waals surface area contributed by atoms with Crippen LogP contribution in [0.15, 0.2) is 53.4 Å². The fourth-order valence-corrected chi connectivity index (χ4v) is 5.39. The van der Waals surface area contributed by atoms with Crippen LogP contribution in [0.25, 0.3) is 0 Å². The van der Waals surface area contributed by atoms with E-state index in [1.807, 2.05) is 24.3 Å². The number of unbranched alkanes of at least 4 members (excludes halogenated alkanes) is 10. The van der Waals surface area contributed by atoms with Gasteiger partial charge >= 0.3 is 29.6 Å². The summed E-state index contributed by atoms with van der Waals surface area (Å²) >= 11 is 0. The third-order valence-electron chi connectivity index (χ3n) is 6.55. The molecule has 0 fully saturated rings. The van der Waals surface area contributed by atoms with E-state index in [2.05, 4.69) is 29.3 Å². The first kappa shape index (κ1) is 29.2. The number of hydrogen-bond donors (Lipinski definition) is 1. The van der Waals surface area contributed by atoms with Gasteiger partial charge in [-0.2, -0.15) is 0 Å². The van der Waals surface area contributed by atoms with Gasteiger partial charge in [-0.15, -0.1) is 0 Å². The maximum Gasteiger partial charge on any atom is 1.00 e. The van der Waals surface area contributed by atoms with Crippen LogP contribution in [-0.2, 0) is 16.7 Å². The van der Waals surface area contributed by atoms with Crippen molar-refractivity contribution in [2.75, 3.05) is 10.2 Å². The largest absolute Gasteiger partial charge is 1.00 e. The van der Waals surface area contributed by atoms with E-state index in [1.54, 1.807) is 6.07 Å². The van der Waals surface area contributed by atoms with Crippen LogP contribution in [0.4, 0.5) is 11.4 Å². The van der Waals surface area contributed by atoms with Crippen LogP contribution in [0, 0.1) is 0 Å². The molecule has 1 atom stereocenters. The van der Waals surface area contributed by atoms with Crippen LogP contribution < -0.4 is 39.8 Å². The molecule has 1 heterocycles. The minimum atomic E-state index is -4.53. The summed E-state index contributed by atoms with van der Waals surface area (Å²) in [5.41, 5.74) is 2.41. The van der Waals surface area contributed by atoms with Gasteiger partial charge in [0.05, 0.1) is 22.4 Å². The fraction of sp³-hybridized carbons (Fsp3) is 0.556. The van der Waals surface area contributed by atoms with E-state index in [-0.39, 0.29) is 40.6 Å². The zero-order valence-corrected chi connectivity index (χ0v) is 23.8. The molecule has 0 spiro atoms. The average Bonchev–Trinajstić information content (AvgIpc) is 3.14. The van der Waals surface area contributed by atoms with E-state index in [0.717, 1.165) is 24.1 Å². The molecule has 7 heteroatoms. The average molecular weight is 495 g/mol. The molecule has 0 saturated heterocycles. The van der Waals surface area contributed by atoms with E-state index >= 15 is 0 Å². The summed E-state index contributed by atoms with van der Waals surface area (Å²) in [6, 6.07) is 15.1. The number of nitrogens with zero attached hydrogens (tertiary/aromatic N) is 1. The first-order valence-electron chi connectivity index (χ1n) is 12.7. The molecule has 0 amide bonds. The molecule has 182 valence electrons. The predicted octanol–water partition coefficient (Wildman–Crippen LogP) is 4.05. The summed E-state index contributed by atoms with van der Waals surface area (Å²) in [6.45, 7) is 2.93. The van der Waals surface area contributed by atoms with Crippen LogP contribution in [-0.4, -0.2) is 19.1 Å². The van der Waals surface area contributed by atoms with Gasteiger partial charge in [0.25, 0.3) is 0 Å². The molecule has 1 unspecified atom stereocenters. The predicted molar refractivity (Wildman–Crippen MR) is 136 cm³/mol. The second-order valence-electron chi connectivity index (χ2n) is 9.20. The van der Waals surface area contributed by atoms with Gasteiger partial charge in [-0.25, -0.2) is 8.42 Å². The van der Waals surface area contributed by atoms with Gasteiger partial charge in [-0.05, 0) is 30.5 Å². The summed E-state index contributed by atoms with van der Waals surface area (Å²) in [5.74, 6) is 0. The van der Waals surface area contributed by atoms with Crippen molar-refractivity contribution < 1.29 is 42.5 Å². The molecule has 1 N–H and O–H groups in total. The zero-order valence-electron chi connectivity index (χ0n) is 21.0. The van der Waals surface area contributed by atoms with Gasteiger partial charge in [-0.1, -0.05) is 108 Å². The van der Waals surface area contributed by atoms with Gasteiger partial charge in [0.2, 0.25) is 0 Å². The Morgan fingerprint density at radius 3 is 2.00 bits per heavy atom. The zero-order chi connectivity index (χ0) is 23.5. The minimum absolute atomic E-state index is 0. The van der Waals surface area contributed by atoms with E-state index < -0.39 is 10.1 Å². The molecule has 2 aromatic rings. The van der Waals surface area contributed by atoms with Crippen molar-refractivity contribution in [3.63, 3.8) is 0 Å². The standard InChI is InChI=1S/C27H40N2O3S.Na/c1-2-3-4-5-6-7-8-9-10-11-15-21-26-28-27-24(19-16-20-25(27)33(30,31)32)29(26)22-23-17-13-12-14-18-23;/h12-14,16-20,26,28H,2-11,15,21-22H2,1H3,(H,30,31,32);/q;+1/p-1. The Balaban J connectivity index is 0.00000408. The third kappa shape index (κ3) is 8.87. The SMILES string of the molecule is CCCCCCCCCCCCCC1Nc2c(cccc2S(=O)(=O)[O-])N1Cc1ccccc1.[Na+]. The topological polar surface area (TPSA) is 72.5 Å². The van der Waals surface area contributed by atoms with Gasteiger partial charge in [0.15, 0.2) is 0 Å². The maximum absolute atomic E-state index is 11.8. The van der Waals surface area contributed by atoms with Crippen molar-refractivity contribution in [2.45, 2.75) is 102 Å². The number of anilines is 2. The van der Waals surface area contributed by atoms with Crippen LogP contribution in [0.3, 0.4) is 0 Å². The monoisotopic (exact) mass is 494 g/mol. The molecule has 1 aliphatic rings. The van der Waals surface area contributed by atoms with Crippen molar-refractivity contribution in [1.82, 2.24) is 0 Å². The number of para-hydroxylation sites is 1. The van der Waals surface area contributed by atoms with Crippen LogP contribution in [0.2, 0.25) is 0 Å². The second-order valence-corrected chi connectivity index (χ2v) is 10.6. The molecule has 0 bridgehead atoms. The number of hydrogen-bond acceptors (Lipinski definition) is 5. The Hall–Kier alpha value is -1.05. The van der Waals surface area contributed by atoms with Crippen molar-refractivity contribution >= 4 is 21.5 Å².